The highest BCUT2D eigenvalue weighted by molar-refractivity contribution is 6.02. The van der Waals surface area contributed by atoms with Crippen molar-refractivity contribution < 1.29 is 27.4 Å². The Kier molecular flexibility index (Phi) is 3.92. The molecule has 1 heterocycles. The minimum absolute atomic E-state index is 0.137. The van der Waals surface area contributed by atoms with Crippen molar-refractivity contribution in [2.75, 3.05) is 12.1 Å². The third-order valence-electron chi connectivity index (χ3n) is 3.09. The molecule has 0 aromatic heterocycles. The SMILES string of the molecule is O=C(C=Cc1ccc2c(c1)OCO2)Nc1cc(F)c(F)cc1F. The van der Waals surface area contributed by atoms with Crippen LogP contribution in [0.25, 0.3) is 6.08 Å². The Bertz CT molecular complexity index is 805. The molecule has 0 saturated heterocycles. The molecule has 1 N–H and O–H groups in total. The summed E-state index contributed by atoms with van der Waals surface area (Å²) in [6.07, 6.45) is 2.60. The van der Waals surface area contributed by atoms with E-state index in [0.717, 1.165) is 6.08 Å². The lowest BCUT2D eigenvalue weighted by atomic mass is 10.2. The standard InChI is InChI=1S/C16H10F3NO3/c17-10-6-12(19)13(7-11(10)18)20-16(21)4-2-9-1-3-14-15(5-9)23-8-22-14/h1-7H,8H2,(H,20,21). The molecule has 0 fully saturated rings. The summed E-state index contributed by atoms with van der Waals surface area (Å²) in [5, 5.41) is 2.14. The molecule has 0 saturated carbocycles. The average Bonchev–Trinajstić information content (AvgIpc) is 2.98. The van der Waals surface area contributed by atoms with E-state index in [9.17, 15) is 18.0 Å². The second kappa shape index (κ2) is 6.04. The summed E-state index contributed by atoms with van der Waals surface area (Å²) >= 11 is 0. The van der Waals surface area contributed by atoms with Gasteiger partial charge < -0.3 is 14.8 Å². The largest absolute Gasteiger partial charge is 0.454 e. The molecule has 2 aromatic rings. The number of hydrogen-bond acceptors (Lipinski definition) is 3. The summed E-state index contributed by atoms with van der Waals surface area (Å²) in [6, 6.07) is 6.01. The van der Waals surface area contributed by atoms with Gasteiger partial charge in [0, 0.05) is 18.2 Å². The van der Waals surface area contributed by atoms with E-state index in [2.05, 4.69) is 5.32 Å². The number of nitrogens with one attached hydrogen (secondary N) is 1. The van der Waals surface area contributed by atoms with Gasteiger partial charge in [-0.05, 0) is 23.8 Å². The van der Waals surface area contributed by atoms with Gasteiger partial charge in [0.05, 0.1) is 5.69 Å². The Morgan fingerprint density at radius 3 is 2.57 bits per heavy atom. The van der Waals surface area contributed by atoms with Gasteiger partial charge in [0.25, 0.3) is 0 Å². The van der Waals surface area contributed by atoms with Crippen LogP contribution in [0.5, 0.6) is 11.5 Å². The highest BCUT2D eigenvalue weighted by Gasteiger charge is 2.13. The van der Waals surface area contributed by atoms with Crippen LogP contribution in [0.4, 0.5) is 18.9 Å². The van der Waals surface area contributed by atoms with Crippen molar-refractivity contribution in [2.45, 2.75) is 0 Å². The van der Waals surface area contributed by atoms with E-state index in [1.54, 1.807) is 18.2 Å². The van der Waals surface area contributed by atoms with Gasteiger partial charge in [-0.15, -0.1) is 0 Å². The van der Waals surface area contributed by atoms with Gasteiger partial charge in [0.2, 0.25) is 12.7 Å². The van der Waals surface area contributed by atoms with E-state index in [-0.39, 0.29) is 6.79 Å². The monoisotopic (exact) mass is 321 g/mol. The summed E-state index contributed by atoms with van der Waals surface area (Å²) in [4.78, 5) is 11.7. The van der Waals surface area contributed by atoms with Crippen molar-refractivity contribution in [3.63, 3.8) is 0 Å². The molecule has 0 aliphatic carbocycles. The summed E-state index contributed by atoms with van der Waals surface area (Å²) in [5.74, 6) is -3.16. The molecule has 2 aromatic carbocycles. The highest BCUT2D eigenvalue weighted by Crippen LogP contribution is 2.32. The number of amides is 1. The second-order valence-corrected chi connectivity index (χ2v) is 4.68. The van der Waals surface area contributed by atoms with E-state index in [1.165, 1.54) is 6.08 Å². The van der Waals surface area contributed by atoms with Crippen molar-refractivity contribution in [1.29, 1.82) is 0 Å². The number of carbonyl (C=O) groups is 1. The van der Waals surface area contributed by atoms with Crippen LogP contribution in [0.1, 0.15) is 5.56 Å². The summed E-state index contributed by atoms with van der Waals surface area (Å²) in [5.41, 5.74) is 0.222. The zero-order valence-electron chi connectivity index (χ0n) is 11.6. The molecule has 23 heavy (non-hydrogen) atoms. The van der Waals surface area contributed by atoms with Crippen LogP contribution in [-0.4, -0.2) is 12.7 Å². The summed E-state index contributed by atoms with van der Waals surface area (Å²) in [6.45, 7) is 0.137. The molecule has 118 valence electrons. The fourth-order valence-electron chi connectivity index (χ4n) is 1.98. The molecular weight excluding hydrogens is 311 g/mol. The predicted octanol–water partition coefficient (Wildman–Crippen LogP) is 3.48. The molecule has 0 atom stereocenters. The Morgan fingerprint density at radius 1 is 1.00 bits per heavy atom. The van der Waals surface area contributed by atoms with E-state index in [4.69, 9.17) is 9.47 Å². The van der Waals surface area contributed by atoms with Crippen LogP contribution in [0.15, 0.2) is 36.4 Å². The minimum atomic E-state index is -1.32. The third-order valence-corrected chi connectivity index (χ3v) is 3.09. The van der Waals surface area contributed by atoms with Gasteiger partial charge in [0.1, 0.15) is 5.82 Å². The Morgan fingerprint density at radius 2 is 1.74 bits per heavy atom. The molecule has 4 nitrogen and oxygen atoms in total. The van der Waals surface area contributed by atoms with Gasteiger partial charge >= 0.3 is 0 Å². The first-order valence-electron chi connectivity index (χ1n) is 6.56. The first kappa shape index (κ1) is 15.0. The first-order valence-corrected chi connectivity index (χ1v) is 6.56. The molecule has 1 aliphatic rings. The fraction of sp³-hybridized carbons (Fsp3) is 0.0625. The van der Waals surface area contributed by atoms with E-state index in [1.807, 2.05) is 0 Å². The number of ether oxygens (including phenoxy) is 2. The molecule has 1 amide bonds. The molecule has 7 heteroatoms. The van der Waals surface area contributed by atoms with Crippen LogP contribution in [0.3, 0.4) is 0 Å². The number of benzene rings is 2. The quantitative estimate of drug-likeness (QED) is 0.695. The molecule has 0 radical (unpaired) electrons. The Balaban J connectivity index is 1.71. The van der Waals surface area contributed by atoms with Gasteiger partial charge in [-0.3, -0.25) is 4.79 Å². The van der Waals surface area contributed by atoms with Crippen molar-refractivity contribution in [1.82, 2.24) is 0 Å². The highest BCUT2D eigenvalue weighted by atomic mass is 19.2. The molecule has 0 bridgehead atoms. The molecular formula is C16H10F3NO3. The molecule has 0 spiro atoms. The Hall–Kier alpha value is -2.96. The Labute approximate surface area is 129 Å². The zero-order chi connectivity index (χ0) is 16.4. The van der Waals surface area contributed by atoms with Crippen molar-refractivity contribution in [3.8, 4) is 11.5 Å². The molecule has 1 aliphatic heterocycles. The lowest BCUT2D eigenvalue weighted by molar-refractivity contribution is -0.111. The third kappa shape index (κ3) is 3.28. The number of anilines is 1. The van der Waals surface area contributed by atoms with Crippen LogP contribution < -0.4 is 14.8 Å². The number of fused-ring (bicyclic) bond motifs is 1. The maximum atomic E-state index is 13.4. The molecule has 0 unspecified atom stereocenters. The number of carbonyl (C=O) groups excluding carboxylic acids is 1. The van der Waals surface area contributed by atoms with Gasteiger partial charge in [-0.2, -0.15) is 0 Å². The van der Waals surface area contributed by atoms with E-state index >= 15 is 0 Å². The maximum Gasteiger partial charge on any atom is 0.248 e. The van der Waals surface area contributed by atoms with Crippen molar-refractivity contribution in [2.24, 2.45) is 0 Å². The average molecular weight is 321 g/mol. The smallest absolute Gasteiger partial charge is 0.248 e. The number of rotatable bonds is 3. The minimum Gasteiger partial charge on any atom is -0.454 e. The van der Waals surface area contributed by atoms with Crippen LogP contribution in [0.2, 0.25) is 0 Å². The van der Waals surface area contributed by atoms with E-state index < -0.39 is 29.0 Å². The fourth-order valence-corrected chi connectivity index (χ4v) is 1.98. The van der Waals surface area contributed by atoms with Crippen LogP contribution in [0, 0.1) is 17.5 Å². The summed E-state index contributed by atoms with van der Waals surface area (Å²) in [7, 11) is 0. The predicted molar refractivity (Wildman–Crippen MR) is 76.5 cm³/mol. The van der Waals surface area contributed by atoms with Gasteiger partial charge in [-0.1, -0.05) is 6.07 Å². The van der Waals surface area contributed by atoms with Crippen molar-refractivity contribution >= 4 is 17.7 Å². The van der Waals surface area contributed by atoms with E-state index in [0.29, 0.717) is 29.2 Å². The summed E-state index contributed by atoms with van der Waals surface area (Å²) < 4.78 is 49.6. The van der Waals surface area contributed by atoms with Crippen LogP contribution in [-0.2, 0) is 4.79 Å². The number of halogens is 3. The van der Waals surface area contributed by atoms with Gasteiger partial charge in [-0.25, -0.2) is 13.2 Å². The lowest BCUT2D eigenvalue weighted by Crippen LogP contribution is -2.10. The normalized spacial score (nSPS) is 12.7. The number of hydrogen-bond donors (Lipinski definition) is 1. The van der Waals surface area contributed by atoms with Crippen LogP contribution >= 0.6 is 0 Å². The lowest BCUT2D eigenvalue weighted by Gasteiger charge is -2.04. The topological polar surface area (TPSA) is 47.6 Å². The zero-order valence-corrected chi connectivity index (χ0v) is 11.6. The van der Waals surface area contributed by atoms with Gasteiger partial charge in [0.15, 0.2) is 23.1 Å². The first-order chi connectivity index (χ1) is 11.0. The van der Waals surface area contributed by atoms with Crippen molar-refractivity contribution in [3.05, 3.63) is 59.4 Å². The second-order valence-electron chi connectivity index (χ2n) is 4.68. The maximum absolute atomic E-state index is 13.4. The molecule has 3 rings (SSSR count).